The first-order valence-corrected chi connectivity index (χ1v) is 10.3. The number of anilines is 1. The Morgan fingerprint density at radius 1 is 1.32 bits per heavy atom. The van der Waals surface area contributed by atoms with Gasteiger partial charge in [-0.05, 0) is 25.1 Å². The van der Waals surface area contributed by atoms with Crippen LogP contribution < -0.4 is 9.46 Å². The van der Waals surface area contributed by atoms with Crippen LogP contribution in [-0.4, -0.2) is 18.3 Å². The number of benzene rings is 2. The zero-order valence-electron chi connectivity index (χ0n) is 14.5. The van der Waals surface area contributed by atoms with Crippen LogP contribution in [0.1, 0.15) is 11.3 Å². The normalized spacial score (nSPS) is 11.2. The summed E-state index contributed by atoms with van der Waals surface area (Å²) in [4.78, 5) is 13.6. The van der Waals surface area contributed by atoms with Gasteiger partial charge >= 0.3 is 0 Å². The van der Waals surface area contributed by atoms with Gasteiger partial charge in [-0.3, -0.25) is 14.8 Å². The maximum absolute atomic E-state index is 14.2. The number of nitro groups is 1. The van der Waals surface area contributed by atoms with Crippen LogP contribution in [0.5, 0.6) is 5.75 Å². The van der Waals surface area contributed by atoms with Crippen LogP contribution >= 0.6 is 11.3 Å². The summed E-state index contributed by atoms with van der Waals surface area (Å²) in [6.07, 6.45) is 0. The van der Waals surface area contributed by atoms with E-state index in [1.165, 1.54) is 30.4 Å². The van der Waals surface area contributed by atoms with E-state index in [0.717, 1.165) is 6.07 Å². The SMILES string of the molecule is Cc1cc(F)c(S(=O)(=O)Nc2ccccc2OCc2cscn2)cc1[N+](=O)[O-]. The van der Waals surface area contributed by atoms with Crippen molar-refractivity contribution in [3.63, 3.8) is 0 Å². The van der Waals surface area contributed by atoms with Crippen LogP contribution in [0.2, 0.25) is 0 Å². The Bertz CT molecular complexity index is 1120. The van der Waals surface area contributed by atoms with E-state index in [0.29, 0.717) is 11.8 Å². The lowest BCUT2D eigenvalue weighted by molar-refractivity contribution is -0.385. The number of para-hydroxylation sites is 2. The van der Waals surface area contributed by atoms with Crippen molar-refractivity contribution in [2.24, 2.45) is 0 Å². The molecule has 0 saturated carbocycles. The smallest absolute Gasteiger partial charge is 0.273 e. The first-order valence-electron chi connectivity index (χ1n) is 7.84. The summed E-state index contributed by atoms with van der Waals surface area (Å²) in [6, 6.07) is 7.71. The second-order valence-electron chi connectivity index (χ2n) is 5.70. The Hall–Kier alpha value is -3.05. The molecular weight excluding hydrogens is 409 g/mol. The number of nitrogens with one attached hydrogen (secondary N) is 1. The van der Waals surface area contributed by atoms with Gasteiger partial charge in [0.15, 0.2) is 0 Å². The number of hydrogen-bond donors (Lipinski definition) is 1. The maximum atomic E-state index is 14.2. The first kappa shape index (κ1) is 19.7. The molecule has 3 rings (SSSR count). The third-order valence-electron chi connectivity index (χ3n) is 3.73. The molecule has 28 heavy (non-hydrogen) atoms. The molecule has 1 heterocycles. The molecular formula is C17H14FN3O5S2. The van der Waals surface area contributed by atoms with Gasteiger partial charge in [0.25, 0.3) is 15.7 Å². The highest BCUT2D eigenvalue weighted by molar-refractivity contribution is 7.92. The number of aryl methyl sites for hydroxylation is 1. The minimum Gasteiger partial charge on any atom is -0.485 e. The van der Waals surface area contributed by atoms with Gasteiger partial charge in [0.1, 0.15) is 23.1 Å². The third kappa shape index (κ3) is 4.26. The van der Waals surface area contributed by atoms with E-state index in [-0.39, 0.29) is 23.6 Å². The van der Waals surface area contributed by atoms with Gasteiger partial charge in [-0.2, -0.15) is 0 Å². The molecule has 2 aromatic carbocycles. The van der Waals surface area contributed by atoms with Crippen LogP contribution in [0.3, 0.4) is 0 Å². The summed E-state index contributed by atoms with van der Waals surface area (Å²) in [6.45, 7) is 1.44. The number of halogens is 1. The minimum absolute atomic E-state index is 0.0217. The van der Waals surface area contributed by atoms with Crippen molar-refractivity contribution in [2.45, 2.75) is 18.4 Å². The molecule has 0 unspecified atom stereocenters. The molecule has 8 nitrogen and oxygen atoms in total. The fourth-order valence-electron chi connectivity index (χ4n) is 2.38. The Morgan fingerprint density at radius 2 is 2.07 bits per heavy atom. The van der Waals surface area contributed by atoms with Crippen molar-refractivity contribution in [2.75, 3.05) is 4.72 Å². The number of nitrogens with zero attached hydrogens (tertiary/aromatic N) is 2. The standard InChI is InChI=1S/C17H14FN3O5S2/c1-11-6-13(18)17(7-15(11)21(22)23)28(24,25)20-14-4-2-3-5-16(14)26-8-12-9-27-10-19-12/h2-7,9-10,20H,8H2,1H3. The van der Waals surface area contributed by atoms with Crippen molar-refractivity contribution in [1.82, 2.24) is 4.98 Å². The van der Waals surface area contributed by atoms with Crippen LogP contribution in [-0.2, 0) is 16.6 Å². The van der Waals surface area contributed by atoms with E-state index in [4.69, 9.17) is 4.74 Å². The molecule has 0 aliphatic rings. The summed E-state index contributed by atoms with van der Waals surface area (Å²) in [5, 5.41) is 12.9. The maximum Gasteiger partial charge on any atom is 0.273 e. The zero-order valence-corrected chi connectivity index (χ0v) is 16.1. The highest BCUT2D eigenvalue weighted by atomic mass is 32.2. The quantitative estimate of drug-likeness (QED) is 0.456. The minimum atomic E-state index is -4.43. The summed E-state index contributed by atoms with van der Waals surface area (Å²) in [7, 11) is -4.43. The number of aromatic nitrogens is 1. The van der Waals surface area contributed by atoms with Crippen LogP contribution in [0.4, 0.5) is 15.8 Å². The zero-order chi connectivity index (χ0) is 20.3. The molecule has 0 fully saturated rings. The average molecular weight is 423 g/mol. The molecule has 11 heteroatoms. The molecule has 1 aromatic heterocycles. The van der Waals surface area contributed by atoms with Gasteiger partial charge in [-0.25, -0.2) is 17.8 Å². The number of nitro benzene ring substituents is 1. The lowest BCUT2D eigenvalue weighted by atomic mass is 10.2. The first-order chi connectivity index (χ1) is 13.3. The van der Waals surface area contributed by atoms with E-state index < -0.39 is 31.3 Å². The molecule has 0 saturated heterocycles. The fraction of sp³-hybridized carbons (Fsp3) is 0.118. The summed E-state index contributed by atoms with van der Waals surface area (Å²) in [5.41, 5.74) is 1.91. The number of ether oxygens (including phenoxy) is 1. The Balaban J connectivity index is 1.91. The molecule has 0 aliphatic heterocycles. The van der Waals surface area contributed by atoms with Crippen LogP contribution in [0.15, 0.2) is 52.2 Å². The number of rotatable bonds is 7. The summed E-state index contributed by atoms with van der Waals surface area (Å²) >= 11 is 1.39. The third-order valence-corrected chi connectivity index (χ3v) is 5.74. The van der Waals surface area contributed by atoms with E-state index in [9.17, 15) is 22.9 Å². The lowest BCUT2D eigenvalue weighted by Crippen LogP contribution is -2.16. The number of thiazole rings is 1. The van der Waals surface area contributed by atoms with Gasteiger partial charge in [-0.15, -0.1) is 11.3 Å². The largest absolute Gasteiger partial charge is 0.485 e. The van der Waals surface area contributed by atoms with Crippen molar-refractivity contribution in [1.29, 1.82) is 0 Å². The molecule has 3 aromatic rings. The summed E-state index contributed by atoms with van der Waals surface area (Å²) in [5.74, 6) is -0.877. The van der Waals surface area contributed by atoms with Gasteiger partial charge in [-0.1, -0.05) is 12.1 Å². The van der Waals surface area contributed by atoms with Gasteiger partial charge < -0.3 is 4.74 Å². The molecule has 1 N–H and O–H groups in total. The van der Waals surface area contributed by atoms with Crippen molar-refractivity contribution < 1.29 is 22.5 Å². The highest BCUT2D eigenvalue weighted by Crippen LogP contribution is 2.30. The monoisotopic (exact) mass is 423 g/mol. The van der Waals surface area contributed by atoms with E-state index in [2.05, 4.69) is 9.71 Å². The van der Waals surface area contributed by atoms with Crippen molar-refractivity contribution >= 4 is 32.7 Å². The Morgan fingerprint density at radius 3 is 2.75 bits per heavy atom. The number of sulfonamides is 1. The van der Waals surface area contributed by atoms with Crippen molar-refractivity contribution in [3.05, 3.63) is 74.5 Å². The topological polar surface area (TPSA) is 111 Å². The molecule has 0 aliphatic carbocycles. The van der Waals surface area contributed by atoms with Gasteiger partial charge in [0, 0.05) is 17.0 Å². The second-order valence-corrected chi connectivity index (χ2v) is 8.07. The van der Waals surface area contributed by atoms with Crippen LogP contribution in [0.25, 0.3) is 0 Å². The molecule has 0 amide bonds. The predicted octanol–water partition coefficient (Wildman–Crippen LogP) is 3.88. The van der Waals surface area contributed by atoms with Gasteiger partial charge in [0.05, 0.1) is 21.8 Å². The lowest BCUT2D eigenvalue weighted by Gasteiger charge is -2.14. The van der Waals surface area contributed by atoms with E-state index >= 15 is 0 Å². The number of hydrogen-bond acceptors (Lipinski definition) is 7. The summed E-state index contributed by atoms with van der Waals surface area (Å²) < 4.78 is 47.4. The molecule has 146 valence electrons. The predicted molar refractivity (Wildman–Crippen MR) is 101 cm³/mol. The Labute approximate surface area is 163 Å². The molecule has 0 spiro atoms. The molecule has 0 atom stereocenters. The van der Waals surface area contributed by atoms with Gasteiger partial charge in [0.2, 0.25) is 0 Å². The van der Waals surface area contributed by atoms with E-state index in [1.54, 1.807) is 23.0 Å². The average Bonchev–Trinajstić information content (AvgIpc) is 3.13. The van der Waals surface area contributed by atoms with E-state index in [1.807, 2.05) is 0 Å². The molecule has 0 radical (unpaired) electrons. The molecule has 0 bridgehead atoms. The highest BCUT2D eigenvalue weighted by Gasteiger charge is 2.25. The fourth-order valence-corrected chi connectivity index (χ4v) is 4.08. The van der Waals surface area contributed by atoms with Crippen LogP contribution in [0, 0.1) is 22.9 Å². The Kier molecular flexibility index (Phi) is 5.56. The second kappa shape index (κ2) is 7.90. The van der Waals surface area contributed by atoms with Crippen molar-refractivity contribution in [3.8, 4) is 5.75 Å².